The fourth-order valence-corrected chi connectivity index (χ4v) is 2.08. The minimum absolute atomic E-state index is 0.0210. The molecule has 0 aliphatic carbocycles. The van der Waals surface area contributed by atoms with Gasteiger partial charge in [0, 0.05) is 19.6 Å². The Balaban J connectivity index is 2.22. The van der Waals surface area contributed by atoms with Crippen LogP contribution in [0.15, 0.2) is 0 Å². The van der Waals surface area contributed by atoms with Crippen LogP contribution < -0.4 is 5.32 Å². The molecule has 0 radical (unpaired) electrons. The van der Waals surface area contributed by atoms with E-state index in [0.29, 0.717) is 0 Å². The van der Waals surface area contributed by atoms with Crippen molar-refractivity contribution < 1.29 is 0 Å². The van der Waals surface area contributed by atoms with Crippen molar-refractivity contribution in [2.45, 2.75) is 39.2 Å². The van der Waals surface area contributed by atoms with Crippen molar-refractivity contribution in [1.29, 1.82) is 10.5 Å². The molecule has 1 heterocycles. The van der Waals surface area contributed by atoms with Crippen LogP contribution in [0.3, 0.4) is 0 Å². The third kappa shape index (κ3) is 4.73. The summed E-state index contributed by atoms with van der Waals surface area (Å²) >= 11 is 0. The summed E-state index contributed by atoms with van der Waals surface area (Å²) in [6.07, 6.45) is 3.07. The highest BCUT2D eigenvalue weighted by atomic mass is 15.2. The van der Waals surface area contributed by atoms with E-state index in [-0.39, 0.29) is 11.5 Å². The van der Waals surface area contributed by atoms with E-state index in [0.717, 1.165) is 45.4 Å². The molecule has 1 aliphatic heterocycles. The molecular formula is C13H22N4. The molecule has 0 aromatic heterocycles. The number of hydrogen-bond acceptors (Lipinski definition) is 4. The van der Waals surface area contributed by atoms with E-state index in [2.05, 4.69) is 22.4 Å². The lowest BCUT2D eigenvalue weighted by molar-refractivity contribution is 0.191. The molecule has 4 nitrogen and oxygen atoms in total. The number of unbranched alkanes of at least 4 members (excludes halogenated alkanes) is 1. The van der Waals surface area contributed by atoms with Gasteiger partial charge in [-0.15, -0.1) is 0 Å². The Hall–Kier alpha value is -1.10. The molecule has 0 aromatic carbocycles. The number of nitrogens with zero attached hydrogens (tertiary/aromatic N) is 3. The number of piperazine rings is 1. The molecule has 0 aromatic rings. The van der Waals surface area contributed by atoms with E-state index >= 15 is 0 Å². The van der Waals surface area contributed by atoms with E-state index < -0.39 is 0 Å². The van der Waals surface area contributed by atoms with Gasteiger partial charge >= 0.3 is 0 Å². The maximum absolute atomic E-state index is 9.01. The number of rotatable bonds is 5. The Morgan fingerprint density at radius 3 is 2.76 bits per heavy atom. The molecular weight excluding hydrogens is 212 g/mol. The standard InChI is InChI=1S/C13H22N4/c1-13(2,11-15)5-3-4-7-17-8-6-16-10-12(17)9-14/h12,16H,3-8,10H2,1-2H3. The van der Waals surface area contributed by atoms with Crippen molar-refractivity contribution in [2.75, 3.05) is 26.2 Å². The average molecular weight is 234 g/mol. The lowest BCUT2D eigenvalue weighted by Gasteiger charge is -2.32. The summed E-state index contributed by atoms with van der Waals surface area (Å²) in [5.41, 5.74) is -0.210. The molecule has 94 valence electrons. The van der Waals surface area contributed by atoms with E-state index in [1.165, 1.54) is 0 Å². The smallest absolute Gasteiger partial charge is 0.110 e. The minimum Gasteiger partial charge on any atom is -0.313 e. The van der Waals surface area contributed by atoms with Gasteiger partial charge in [0.05, 0.1) is 17.6 Å². The van der Waals surface area contributed by atoms with Gasteiger partial charge < -0.3 is 5.32 Å². The van der Waals surface area contributed by atoms with Crippen molar-refractivity contribution in [3.05, 3.63) is 0 Å². The predicted molar refractivity (Wildman–Crippen MR) is 67.1 cm³/mol. The summed E-state index contributed by atoms with van der Waals surface area (Å²) in [6, 6.07) is 4.68. The molecule has 17 heavy (non-hydrogen) atoms. The molecule has 0 spiro atoms. The zero-order valence-corrected chi connectivity index (χ0v) is 10.9. The maximum atomic E-state index is 9.01. The van der Waals surface area contributed by atoms with Crippen molar-refractivity contribution in [3.63, 3.8) is 0 Å². The van der Waals surface area contributed by atoms with Gasteiger partial charge in [-0.3, -0.25) is 4.90 Å². The first-order valence-electron chi connectivity index (χ1n) is 6.35. The first-order chi connectivity index (χ1) is 8.09. The van der Waals surface area contributed by atoms with Gasteiger partial charge in [0.2, 0.25) is 0 Å². The first-order valence-corrected chi connectivity index (χ1v) is 6.35. The zero-order chi connectivity index (χ0) is 12.7. The van der Waals surface area contributed by atoms with Crippen LogP contribution in [0.1, 0.15) is 33.1 Å². The van der Waals surface area contributed by atoms with E-state index in [4.69, 9.17) is 10.5 Å². The Kier molecular flexibility index (Phi) is 5.41. The van der Waals surface area contributed by atoms with Gasteiger partial charge in [-0.25, -0.2) is 0 Å². The van der Waals surface area contributed by atoms with Crippen LogP contribution in [0.25, 0.3) is 0 Å². The summed E-state index contributed by atoms with van der Waals surface area (Å²) in [5.74, 6) is 0. The van der Waals surface area contributed by atoms with Gasteiger partial charge in [-0.05, 0) is 33.2 Å². The predicted octanol–water partition coefficient (Wildman–Crippen LogP) is 1.50. The summed E-state index contributed by atoms with van der Waals surface area (Å²) < 4.78 is 0. The molecule has 0 amide bonds. The van der Waals surface area contributed by atoms with Crippen LogP contribution >= 0.6 is 0 Å². The molecule has 1 unspecified atom stereocenters. The topological polar surface area (TPSA) is 62.9 Å². The Morgan fingerprint density at radius 1 is 1.35 bits per heavy atom. The summed E-state index contributed by atoms with van der Waals surface area (Å²) in [4.78, 5) is 2.25. The Morgan fingerprint density at radius 2 is 2.12 bits per heavy atom. The fourth-order valence-electron chi connectivity index (χ4n) is 2.08. The van der Waals surface area contributed by atoms with Crippen LogP contribution in [0.5, 0.6) is 0 Å². The van der Waals surface area contributed by atoms with Crippen molar-refractivity contribution in [1.82, 2.24) is 10.2 Å². The third-order valence-electron chi connectivity index (χ3n) is 3.30. The summed E-state index contributed by atoms with van der Waals surface area (Å²) in [5, 5.41) is 21.2. The summed E-state index contributed by atoms with van der Waals surface area (Å²) in [7, 11) is 0. The minimum atomic E-state index is -0.210. The highest BCUT2D eigenvalue weighted by Crippen LogP contribution is 2.21. The number of nitrogens with one attached hydrogen (secondary N) is 1. The highest BCUT2D eigenvalue weighted by Gasteiger charge is 2.21. The normalized spacial score (nSPS) is 21.8. The van der Waals surface area contributed by atoms with Crippen LogP contribution in [0, 0.1) is 28.1 Å². The molecule has 1 N–H and O–H groups in total. The third-order valence-corrected chi connectivity index (χ3v) is 3.30. The van der Waals surface area contributed by atoms with Crippen LogP contribution in [-0.4, -0.2) is 37.1 Å². The van der Waals surface area contributed by atoms with Gasteiger partial charge in [-0.2, -0.15) is 10.5 Å². The second-order valence-electron chi connectivity index (χ2n) is 5.34. The van der Waals surface area contributed by atoms with Crippen LogP contribution in [0.2, 0.25) is 0 Å². The van der Waals surface area contributed by atoms with Crippen molar-refractivity contribution >= 4 is 0 Å². The van der Waals surface area contributed by atoms with E-state index in [1.807, 2.05) is 13.8 Å². The maximum Gasteiger partial charge on any atom is 0.110 e. The van der Waals surface area contributed by atoms with Gasteiger partial charge in [0.15, 0.2) is 0 Å². The second-order valence-corrected chi connectivity index (χ2v) is 5.34. The Labute approximate surface area is 104 Å². The molecule has 1 atom stereocenters. The van der Waals surface area contributed by atoms with Crippen molar-refractivity contribution in [2.24, 2.45) is 5.41 Å². The monoisotopic (exact) mass is 234 g/mol. The Bertz CT molecular complexity index is 310. The molecule has 1 fully saturated rings. The molecule has 0 bridgehead atoms. The van der Waals surface area contributed by atoms with Gasteiger partial charge in [0.25, 0.3) is 0 Å². The van der Waals surface area contributed by atoms with Gasteiger partial charge in [-0.1, -0.05) is 6.42 Å². The SMILES string of the molecule is CC(C)(C#N)CCCCN1CCNCC1C#N. The fraction of sp³-hybridized carbons (Fsp3) is 0.846. The van der Waals surface area contributed by atoms with Crippen LogP contribution in [0.4, 0.5) is 0 Å². The van der Waals surface area contributed by atoms with Crippen molar-refractivity contribution in [3.8, 4) is 12.1 Å². The number of hydrogen-bond donors (Lipinski definition) is 1. The second kappa shape index (κ2) is 6.59. The largest absolute Gasteiger partial charge is 0.313 e. The highest BCUT2D eigenvalue weighted by molar-refractivity contribution is 4.96. The number of nitriles is 2. The van der Waals surface area contributed by atoms with Crippen LogP contribution in [-0.2, 0) is 0 Å². The average Bonchev–Trinajstić information content (AvgIpc) is 2.35. The quantitative estimate of drug-likeness (QED) is 0.732. The van der Waals surface area contributed by atoms with E-state index in [9.17, 15) is 0 Å². The summed E-state index contributed by atoms with van der Waals surface area (Å²) in [6.45, 7) is 7.65. The molecule has 1 saturated heterocycles. The zero-order valence-electron chi connectivity index (χ0n) is 10.9. The molecule has 1 rings (SSSR count). The van der Waals surface area contributed by atoms with E-state index in [1.54, 1.807) is 0 Å². The molecule has 0 saturated carbocycles. The van der Waals surface area contributed by atoms with Gasteiger partial charge in [0.1, 0.15) is 6.04 Å². The lowest BCUT2D eigenvalue weighted by Crippen LogP contribution is -2.50. The first kappa shape index (κ1) is 14.0. The lowest BCUT2D eigenvalue weighted by atomic mass is 9.89. The molecule has 1 aliphatic rings. The molecule has 4 heteroatoms.